The number of carbonyl (C=O) groups excluding carboxylic acids is 1. The van der Waals surface area contributed by atoms with Gasteiger partial charge in [0, 0.05) is 26.2 Å². The summed E-state index contributed by atoms with van der Waals surface area (Å²) in [5, 5.41) is 0. The summed E-state index contributed by atoms with van der Waals surface area (Å²) < 4.78 is 39.8. The van der Waals surface area contributed by atoms with E-state index in [1.165, 1.54) is 12.1 Å². The van der Waals surface area contributed by atoms with Gasteiger partial charge in [-0.3, -0.25) is 9.52 Å². The number of hydrogen-bond acceptors (Lipinski definition) is 5. The molecule has 1 aromatic carbocycles. The topological polar surface area (TPSA) is 82.6 Å². The average molecular weight is 364 g/mol. The highest BCUT2D eigenvalue weighted by Crippen LogP contribution is 2.19. The second kappa shape index (κ2) is 7.06. The third-order valence-corrected chi connectivity index (χ3v) is 5.31. The molecule has 9 heteroatoms. The lowest BCUT2D eigenvalue weighted by Crippen LogP contribution is -2.45. The van der Waals surface area contributed by atoms with Gasteiger partial charge in [0.15, 0.2) is 0 Å². The van der Waals surface area contributed by atoms with E-state index in [4.69, 9.17) is 0 Å². The summed E-state index contributed by atoms with van der Waals surface area (Å²) in [6.07, 6.45) is 2.42. The first-order valence-corrected chi connectivity index (χ1v) is 9.15. The van der Waals surface area contributed by atoms with Crippen LogP contribution >= 0.6 is 0 Å². The molecule has 0 unspecified atom stereocenters. The summed E-state index contributed by atoms with van der Waals surface area (Å²) in [5.74, 6) is -0.323. The zero-order valence-corrected chi connectivity index (χ0v) is 14.1. The molecule has 1 saturated heterocycles. The number of anilines is 2. The van der Waals surface area contributed by atoms with Gasteiger partial charge < -0.3 is 9.80 Å². The normalized spacial score (nSPS) is 15.1. The highest BCUT2D eigenvalue weighted by Gasteiger charge is 2.17. The van der Waals surface area contributed by atoms with E-state index in [0.29, 0.717) is 26.2 Å². The van der Waals surface area contributed by atoms with Gasteiger partial charge in [0.1, 0.15) is 11.6 Å². The first kappa shape index (κ1) is 17.2. The van der Waals surface area contributed by atoms with Gasteiger partial charge in [0.25, 0.3) is 10.0 Å². The van der Waals surface area contributed by atoms with Crippen molar-refractivity contribution in [1.29, 1.82) is 0 Å². The molecule has 1 N–H and O–H groups in total. The fraction of sp³-hybridized carbons (Fsp3) is 0.250. The molecule has 2 aromatic rings. The van der Waals surface area contributed by atoms with Crippen molar-refractivity contribution in [2.45, 2.75) is 4.90 Å². The Morgan fingerprint density at radius 1 is 1.04 bits per heavy atom. The van der Waals surface area contributed by atoms with Gasteiger partial charge in [-0.05, 0) is 36.4 Å². The van der Waals surface area contributed by atoms with Crippen LogP contribution in [0.2, 0.25) is 0 Å². The number of piperazine rings is 1. The Labute approximate surface area is 145 Å². The van der Waals surface area contributed by atoms with E-state index in [2.05, 4.69) is 14.6 Å². The number of nitrogens with one attached hydrogen (secondary N) is 1. The van der Waals surface area contributed by atoms with Crippen LogP contribution in [-0.2, 0) is 14.8 Å². The van der Waals surface area contributed by atoms with Crippen molar-refractivity contribution < 1.29 is 17.6 Å². The molecular weight excluding hydrogens is 347 g/mol. The number of nitrogens with zero attached hydrogens (tertiary/aromatic N) is 3. The number of amides is 1. The Bertz CT molecular complexity index is 833. The van der Waals surface area contributed by atoms with Crippen molar-refractivity contribution in [3.05, 3.63) is 48.4 Å². The molecule has 1 fully saturated rings. The SMILES string of the molecule is O=CN1CCN(c2ccc(NS(=O)(=O)c3ccc(F)cc3)nc2)CC1. The molecule has 0 aliphatic carbocycles. The van der Waals surface area contributed by atoms with E-state index >= 15 is 0 Å². The van der Waals surface area contributed by atoms with Crippen LogP contribution in [0.3, 0.4) is 0 Å². The fourth-order valence-electron chi connectivity index (χ4n) is 2.53. The summed E-state index contributed by atoms with van der Waals surface area (Å²) in [6.45, 7) is 2.67. The smallest absolute Gasteiger partial charge is 0.263 e. The van der Waals surface area contributed by atoms with Crippen LogP contribution in [0.5, 0.6) is 0 Å². The molecule has 132 valence electrons. The molecule has 0 atom stereocenters. The summed E-state index contributed by atoms with van der Waals surface area (Å²) in [7, 11) is -3.82. The maximum atomic E-state index is 12.9. The molecule has 1 aromatic heterocycles. The van der Waals surface area contributed by atoms with E-state index in [0.717, 1.165) is 24.2 Å². The van der Waals surface area contributed by atoms with Crippen molar-refractivity contribution in [2.24, 2.45) is 0 Å². The zero-order chi connectivity index (χ0) is 17.9. The van der Waals surface area contributed by atoms with Gasteiger partial charge in [-0.1, -0.05) is 0 Å². The Morgan fingerprint density at radius 3 is 2.28 bits per heavy atom. The number of carbonyl (C=O) groups is 1. The number of rotatable bonds is 5. The number of halogens is 1. The van der Waals surface area contributed by atoms with Crippen LogP contribution in [0.25, 0.3) is 0 Å². The first-order valence-electron chi connectivity index (χ1n) is 7.67. The van der Waals surface area contributed by atoms with Gasteiger partial charge in [-0.15, -0.1) is 0 Å². The molecule has 2 heterocycles. The van der Waals surface area contributed by atoms with Gasteiger partial charge in [0.2, 0.25) is 6.41 Å². The van der Waals surface area contributed by atoms with Crippen molar-refractivity contribution >= 4 is 27.9 Å². The summed E-state index contributed by atoms with van der Waals surface area (Å²) >= 11 is 0. The van der Waals surface area contributed by atoms with Crippen LogP contribution < -0.4 is 9.62 Å². The van der Waals surface area contributed by atoms with E-state index in [1.807, 2.05) is 0 Å². The summed E-state index contributed by atoms with van der Waals surface area (Å²) in [6, 6.07) is 7.90. The van der Waals surface area contributed by atoms with E-state index < -0.39 is 15.8 Å². The predicted molar refractivity (Wildman–Crippen MR) is 91.3 cm³/mol. The number of pyridine rings is 1. The van der Waals surface area contributed by atoms with Gasteiger partial charge in [-0.2, -0.15) is 0 Å². The molecule has 0 bridgehead atoms. The molecule has 25 heavy (non-hydrogen) atoms. The number of benzene rings is 1. The molecule has 0 radical (unpaired) electrons. The molecule has 0 spiro atoms. The largest absolute Gasteiger partial charge is 0.367 e. The fourth-order valence-corrected chi connectivity index (χ4v) is 3.54. The minimum atomic E-state index is -3.82. The standard InChI is InChI=1S/C16H17FN4O3S/c17-13-1-4-15(5-2-13)25(23,24)19-16-6-3-14(11-18-16)21-9-7-20(12-22)8-10-21/h1-6,11-12H,7-10H2,(H,18,19). The highest BCUT2D eigenvalue weighted by molar-refractivity contribution is 7.92. The predicted octanol–water partition coefficient (Wildman–Crippen LogP) is 1.30. The maximum Gasteiger partial charge on any atom is 0.263 e. The quantitative estimate of drug-likeness (QED) is 0.809. The molecule has 1 amide bonds. The van der Waals surface area contributed by atoms with Crippen LogP contribution in [0.1, 0.15) is 0 Å². The van der Waals surface area contributed by atoms with Crippen LogP contribution in [0.15, 0.2) is 47.5 Å². The van der Waals surface area contributed by atoms with Gasteiger partial charge in [-0.25, -0.2) is 17.8 Å². The van der Waals surface area contributed by atoms with Crippen molar-refractivity contribution in [3.63, 3.8) is 0 Å². The van der Waals surface area contributed by atoms with E-state index in [1.54, 1.807) is 23.2 Å². The third-order valence-electron chi connectivity index (χ3n) is 3.94. The molecule has 1 aliphatic heterocycles. The average Bonchev–Trinajstić information content (AvgIpc) is 2.62. The molecule has 1 aliphatic rings. The van der Waals surface area contributed by atoms with Crippen LogP contribution in [0.4, 0.5) is 15.9 Å². The van der Waals surface area contributed by atoms with Crippen molar-refractivity contribution in [3.8, 4) is 0 Å². The van der Waals surface area contributed by atoms with Gasteiger partial charge >= 0.3 is 0 Å². The van der Waals surface area contributed by atoms with E-state index in [9.17, 15) is 17.6 Å². The Kier molecular flexibility index (Phi) is 4.84. The lowest BCUT2D eigenvalue weighted by molar-refractivity contribution is -0.118. The summed E-state index contributed by atoms with van der Waals surface area (Å²) in [4.78, 5) is 18.6. The van der Waals surface area contributed by atoms with Crippen molar-refractivity contribution in [1.82, 2.24) is 9.88 Å². The lowest BCUT2D eigenvalue weighted by Gasteiger charge is -2.33. The highest BCUT2D eigenvalue weighted by atomic mass is 32.2. The number of sulfonamides is 1. The van der Waals surface area contributed by atoms with Crippen LogP contribution in [0, 0.1) is 5.82 Å². The minimum absolute atomic E-state index is 0.0373. The third kappa shape index (κ3) is 4.05. The number of aromatic nitrogens is 1. The molecular formula is C16H17FN4O3S. The number of hydrogen-bond donors (Lipinski definition) is 1. The minimum Gasteiger partial charge on any atom is -0.367 e. The summed E-state index contributed by atoms with van der Waals surface area (Å²) in [5.41, 5.74) is 0.857. The lowest BCUT2D eigenvalue weighted by atomic mass is 10.3. The van der Waals surface area contributed by atoms with Crippen LogP contribution in [-0.4, -0.2) is 50.9 Å². The second-order valence-electron chi connectivity index (χ2n) is 5.59. The second-order valence-corrected chi connectivity index (χ2v) is 7.27. The van der Waals surface area contributed by atoms with E-state index in [-0.39, 0.29) is 10.7 Å². The van der Waals surface area contributed by atoms with Gasteiger partial charge in [0.05, 0.1) is 16.8 Å². The Morgan fingerprint density at radius 2 is 1.72 bits per heavy atom. The molecule has 7 nitrogen and oxygen atoms in total. The Balaban J connectivity index is 1.68. The maximum absolute atomic E-state index is 12.9. The van der Waals surface area contributed by atoms with Crippen molar-refractivity contribution in [2.75, 3.05) is 35.8 Å². The molecule has 0 saturated carbocycles. The zero-order valence-electron chi connectivity index (χ0n) is 13.3. The first-order chi connectivity index (χ1) is 12.0. The Hall–Kier alpha value is -2.68. The molecule has 3 rings (SSSR count). The monoisotopic (exact) mass is 364 g/mol.